The first-order chi connectivity index (χ1) is 11.5. The molecule has 24 heavy (non-hydrogen) atoms. The average molecular weight is 350 g/mol. The highest BCUT2D eigenvalue weighted by Gasteiger charge is 2.29. The van der Waals surface area contributed by atoms with Crippen molar-refractivity contribution < 1.29 is 9.59 Å². The first-order valence-electron chi connectivity index (χ1n) is 8.51. The molecule has 0 aliphatic carbocycles. The third kappa shape index (κ3) is 5.16. The number of amides is 3. The Kier molecular flexibility index (Phi) is 6.97. The van der Waals surface area contributed by atoms with Crippen molar-refractivity contribution in [1.29, 1.82) is 0 Å². The van der Waals surface area contributed by atoms with Gasteiger partial charge in [0.1, 0.15) is 6.04 Å². The van der Waals surface area contributed by atoms with Gasteiger partial charge >= 0.3 is 6.03 Å². The summed E-state index contributed by atoms with van der Waals surface area (Å²) < 4.78 is 0. The first kappa shape index (κ1) is 18.6. The van der Waals surface area contributed by atoms with Crippen LogP contribution >= 0.6 is 11.8 Å². The van der Waals surface area contributed by atoms with Crippen LogP contribution in [0, 0.1) is 5.92 Å². The van der Waals surface area contributed by atoms with Gasteiger partial charge in [-0.2, -0.15) is 0 Å². The fourth-order valence-electron chi connectivity index (χ4n) is 2.81. The second-order valence-electron chi connectivity index (χ2n) is 6.43. The van der Waals surface area contributed by atoms with E-state index in [-0.39, 0.29) is 17.9 Å². The van der Waals surface area contributed by atoms with Gasteiger partial charge in [0.05, 0.1) is 0 Å². The zero-order valence-corrected chi connectivity index (χ0v) is 15.5. The van der Waals surface area contributed by atoms with Gasteiger partial charge in [-0.15, -0.1) is 11.8 Å². The number of thioether (sulfide) groups is 1. The molecule has 1 atom stereocenters. The highest BCUT2D eigenvalue weighted by Crippen LogP contribution is 2.18. The molecule has 1 heterocycles. The maximum absolute atomic E-state index is 12.7. The molecule has 1 fully saturated rings. The Morgan fingerprint density at radius 3 is 2.25 bits per heavy atom. The Morgan fingerprint density at radius 1 is 1.08 bits per heavy atom. The molecule has 2 rings (SSSR count). The van der Waals surface area contributed by atoms with Crippen molar-refractivity contribution in [3.63, 3.8) is 0 Å². The number of carbonyl (C=O) groups is 2. The molecule has 1 unspecified atom stereocenters. The number of hydrogen-bond acceptors (Lipinski definition) is 3. The largest absolute Gasteiger partial charge is 0.341 e. The van der Waals surface area contributed by atoms with Crippen molar-refractivity contribution in [2.24, 2.45) is 5.92 Å². The van der Waals surface area contributed by atoms with Gasteiger partial charge < -0.3 is 15.5 Å². The lowest BCUT2D eigenvalue weighted by atomic mass is 10.0. The van der Waals surface area contributed by atoms with E-state index in [0.717, 1.165) is 36.5 Å². The maximum Gasteiger partial charge on any atom is 0.319 e. The number of benzene rings is 1. The van der Waals surface area contributed by atoms with Gasteiger partial charge in [0.15, 0.2) is 0 Å². The van der Waals surface area contributed by atoms with Crippen LogP contribution in [0.3, 0.4) is 0 Å². The number of nitrogens with one attached hydrogen (secondary N) is 2. The molecular formula is C18H27N3O2S. The van der Waals surface area contributed by atoms with Crippen LogP contribution in [0.2, 0.25) is 0 Å². The number of urea groups is 1. The van der Waals surface area contributed by atoms with Crippen molar-refractivity contribution in [3.8, 4) is 0 Å². The van der Waals surface area contributed by atoms with E-state index in [1.165, 1.54) is 6.42 Å². The zero-order valence-electron chi connectivity index (χ0n) is 14.7. The van der Waals surface area contributed by atoms with E-state index in [4.69, 9.17) is 0 Å². The third-order valence-corrected chi connectivity index (χ3v) is 4.98. The molecule has 0 spiro atoms. The first-order valence-corrected chi connectivity index (χ1v) is 9.74. The predicted octanol–water partition coefficient (Wildman–Crippen LogP) is 3.57. The number of carbonyl (C=O) groups excluding carboxylic acids is 2. The highest BCUT2D eigenvalue weighted by atomic mass is 32.2. The second kappa shape index (κ2) is 8.97. The molecular weight excluding hydrogens is 322 g/mol. The summed E-state index contributed by atoms with van der Waals surface area (Å²) in [6, 6.07) is 6.81. The van der Waals surface area contributed by atoms with Crippen LogP contribution in [0.15, 0.2) is 29.2 Å². The number of nitrogens with zero attached hydrogens (tertiary/aromatic N) is 1. The van der Waals surface area contributed by atoms with Gasteiger partial charge in [-0.1, -0.05) is 13.8 Å². The van der Waals surface area contributed by atoms with E-state index in [0.29, 0.717) is 0 Å². The quantitative estimate of drug-likeness (QED) is 0.799. The number of hydrogen-bond donors (Lipinski definition) is 2. The lowest BCUT2D eigenvalue weighted by Crippen LogP contribution is -2.53. The Hall–Kier alpha value is -1.69. The van der Waals surface area contributed by atoms with Gasteiger partial charge in [0, 0.05) is 23.7 Å². The maximum atomic E-state index is 12.7. The summed E-state index contributed by atoms with van der Waals surface area (Å²) in [6.45, 7) is 5.50. The Labute approximate surface area is 148 Å². The molecule has 2 N–H and O–H groups in total. The minimum Gasteiger partial charge on any atom is -0.341 e. The van der Waals surface area contributed by atoms with Gasteiger partial charge in [-0.25, -0.2) is 4.79 Å². The van der Waals surface area contributed by atoms with E-state index in [2.05, 4.69) is 10.6 Å². The predicted molar refractivity (Wildman–Crippen MR) is 99.4 cm³/mol. The third-order valence-electron chi connectivity index (χ3n) is 4.23. The van der Waals surface area contributed by atoms with Crippen LogP contribution in [-0.2, 0) is 4.79 Å². The Morgan fingerprint density at radius 2 is 1.71 bits per heavy atom. The van der Waals surface area contributed by atoms with Gasteiger partial charge in [0.25, 0.3) is 0 Å². The fourth-order valence-corrected chi connectivity index (χ4v) is 3.22. The topological polar surface area (TPSA) is 61.4 Å². The molecule has 1 aromatic rings. The minimum absolute atomic E-state index is 0.0255. The Balaban J connectivity index is 1.95. The number of piperidine rings is 1. The van der Waals surface area contributed by atoms with Crippen LogP contribution in [0.5, 0.6) is 0 Å². The summed E-state index contributed by atoms with van der Waals surface area (Å²) in [5.41, 5.74) is 0.721. The zero-order chi connectivity index (χ0) is 17.5. The molecule has 1 aliphatic rings. The smallest absolute Gasteiger partial charge is 0.319 e. The molecule has 0 bridgehead atoms. The molecule has 6 heteroatoms. The standard InChI is InChI=1S/C18H27N3O2S/c1-13(2)16(17(22)21-11-5-4-6-12-21)20-18(23)19-14-7-9-15(24-3)10-8-14/h7-10,13,16H,4-6,11-12H2,1-3H3,(H2,19,20,23). The fraction of sp³-hybridized carbons (Fsp3) is 0.556. The lowest BCUT2D eigenvalue weighted by molar-refractivity contribution is -0.135. The van der Waals surface area contributed by atoms with Gasteiger partial charge in [0.2, 0.25) is 5.91 Å². The highest BCUT2D eigenvalue weighted by molar-refractivity contribution is 7.98. The normalized spacial score (nSPS) is 15.9. The van der Waals surface area contributed by atoms with E-state index in [9.17, 15) is 9.59 Å². The van der Waals surface area contributed by atoms with Gasteiger partial charge in [-0.3, -0.25) is 4.79 Å². The molecule has 0 saturated carbocycles. The number of rotatable bonds is 5. The Bertz CT molecular complexity index is 554. The van der Waals surface area contributed by atoms with Crippen LogP contribution in [0.4, 0.5) is 10.5 Å². The summed E-state index contributed by atoms with van der Waals surface area (Å²) in [5.74, 6) is 0.0709. The number of anilines is 1. The summed E-state index contributed by atoms with van der Waals surface area (Å²) in [6.07, 6.45) is 5.28. The number of likely N-dealkylation sites (tertiary alicyclic amines) is 1. The summed E-state index contributed by atoms with van der Waals surface area (Å²) in [4.78, 5) is 28.0. The van der Waals surface area contributed by atoms with Crippen LogP contribution in [0.1, 0.15) is 33.1 Å². The van der Waals surface area contributed by atoms with Gasteiger partial charge in [-0.05, 0) is 55.7 Å². The van der Waals surface area contributed by atoms with Crippen LogP contribution in [-0.4, -0.2) is 42.2 Å². The van der Waals surface area contributed by atoms with Crippen molar-refractivity contribution in [2.75, 3.05) is 24.7 Å². The lowest BCUT2D eigenvalue weighted by Gasteiger charge is -2.32. The van der Waals surface area contributed by atoms with E-state index in [1.54, 1.807) is 11.8 Å². The molecule has 0 radical (unpaired) electrons. The van der Waals surface area contributed by atoms with Crippen molar-refractivity contribution in [3.05, 3.63) is 24.3 Å². The monoisotopic (exact) mass is 349 g/mol. The molecule has 5 nitrogen and oxygen atoms in total. The molecule has 0 aromatic heterocycles. The van der Waals surface area contributed by atoms with Crippen molar-refractivity contribution in [1.82, 2.24) is 10.2 Å². The van der Waals surface area contributed by atoms with E-state index >= 15 is 0 Å². The summed E-state index contributed by atoms with van der Waals surface area (Å²) >= 11 is 1.65. The summed E-state index contributed by atoms with van der Waals surface area (Å²) in [5, 5.41) is 5.65. The van der Waals surface area contributed by atoms with E-state index in [1.807, 2.05) is 49.3 Å². The van der Waals surface area contributed by atoms with Crippen LogP contribution < -0.4 is 10.6 Å². The second-order valence-corrected chi connectivity index (χ2v) is 7.31. The SMILES string of the molecule is CSc1ccc(NC(=O)NC(C(=O)N2CCCCC2)C(C)C)cc1. The van der Waals surface area contributed by atoms with Crippen molar-refractivity contribution in [2.45, 2.75) is 44.0 Å². The molecule has 1 aliphatic heterocycles. The average Bonchev–Trinajstić information content (AvgIpc) is 2.60. The molecule has 132 valence electrons. The molecule has 1 saturated heterocycles. The molecule has 3 amide bonds. The summed E-state index contributed by atoms with van der Waals surface area (Å²) in [7, 11) is 0. The van der Waals surface area contributed by atoms with Crippen molar-refractivity contribution >= 4 is 29.4 Å². The van der Waals surface area contributed by atoms with E-state index < -0.39 is 6.04 Å². The minimum atomic E-state index is -0.492. The molecule has 1 aromatic carbocycles. The van der Waals surface area contributed by atoms with Crippen LogP contribution in [0.25, 0.3) is 0 Å².